The second-order valence-corrected chi connectivity index (χ2v) is 9.45. The smallest absolute Gasteiger partial charge is 0.229 e. The SMILES string of the molecule is O=C(N1CC(F)CC1c1cccc(F)c1)C12CC(COc3cc(Br)ncn3)(C1)C2. The highest BCUT2D eigenvalue weighted by Crippen LogP contribution is 2.74. The molecule has 2 aromatic rings. The second kappa shape index (κ2) is 6.72. The average molecular weight is 464 g/mol. The fourth-order valence-corrected chi connectivity index (χ4v) is 5.63. The average Bonchev–Trinajstić information content (AvgIpc) is 3.01. The molecule has 29 heavy (non-hydrogen) atoms. The van der Waals surface area contributed by atoms with Crippen molar-refractivity contribution in [3.05, 3.63) is 52.6 Å². The molecule has 3 aliphatic carbocycles. The number of hydrogen-bond donors (Lipinski definition) is 0. The molecule has 1 aromatic carbocycles. The molecule has 4 aliphatic rings. The van der Waals surface area contributed by atoms with Crippen molar-refractivity contribution in [2.75, 3.05) is 13.2 Å². The lowest BCUT2D eigenvalue weighted by molar-refractivity contribution is -0.226. The summed E-state index contributed by atoms with van der Waals surface area (Å²) in [5, 5.41) is 0. The van der Waals surface area contributed by atoms with Crippen molar-refractivity contribution in [1.82, 2.24) is 14.9 Å². The summed E-state index contributed by atoms with van der Waals surface area (Å²) in [6.07, 6.45) is 2.81. The number of likely N-dealkylation sites (tertiary alicyclic amines) is 1. The Labute approximate surface area is 175 Å². The van der Waals surface area contributed by atoms with Crippen LogP contribution in [0.4, 0.5) is 8.78 Å². The topological polar surface area (TPSA) is 55.3 Å². The van der Waals surface area contributed by atoms with Crippen LogP contribution in [0, 0.1) is 16.6 Å². The third-order valence-corrected chi connectivity index (χ3v) is 6.91. The lowest BCUT2D eigenvalue weighted by Gasteiger charge is -2.69. The van der Waals surface area contributed by atoms with Crippen LogP contribution in [0.3, 0.4) is 0 Å². The molecule has 6 rings (SSSR count). The van der Waals surface area contributed by atoms with Gasteiger partial charge in [-0.2, -0.15) is 0 Å². The van der Waals surface area contributed by atoms with Gasteiger partial charge in [0.1, 0.15) is 22.9 Å². The molecule has 2 unspecified atom stereocenters. The number of aromatic nitrogens is 2. The zero-order valence-electron chi connectivity index (χ0n) is 15.7. The number of nitrogens with zero attached hydrogens (tertiary/aromatic N) is 3. The fraction of sp³-hybridized carbons (Fsp3) is 0.476. The van der Waals surface area contributed by atoms with E-state index < -0.39 is 17.6 Å². The Balaban J connectivity index is 1.24. The molecule has 5 nitrogen and oxygen atoms in total. The molecule has 8 heteroatoms. The zero-order valence-corrected chi connectivity index (χ0v) is 17.2. The molecule has 2 bridgehead atoms. The van der Waals surface area contributed by atoms with Crippen molar-refractivity contribution < 1.29 is 18.3 Å². The monoisotopic (exact) mass is 463 g/mol. The molecule has 1 saturated heterocycles. The summed E-state index contributed by atoms with van der Waals surface area (Å²) in [4.78, 5) is 22.9. The Morgan fingerprint density at radius 3 is 2.79 bits per heavy atom. The van der Waals surface area contributed by atoms with Gasteiger partial charge in [0.15, 0.2) is 0 Å². The van der Waals surface area contributed by atoms with Crippen molar-refractivity contribution in [3.63, 3.8) is 0 Å². The van der Waals surface area contributed by atoms with Crippen LogP contribution in [0.25, 0.3) is 0 Å². The highest BCUT2D eigenvalue weighted by atomic mass is 79.9. The number of carbonyl (C=O) groups excluding carboxylic acids is 1. The molecular formula is C21H20BrF2N3O2. The number of ether oxygens (including phenoxy) is 1. The molecule has 0 radical (unpaired) electrons. The molecule has 1 aromatic heterocycles. The van der Waals surface area contributed by atoms with Gasteiger partial charge in [-0.15, -0.1) is 0 Å². The maximum Gasteiger partial charge on any atom is 0.229 e. The first-order chi connectivity index (χ1) is 13.9. The molecule has 4 fully saturated rings. The highest BCUT2D eigenvalue weighted by molar-refractivity contribution is 9.10. The van der Waals surface area contributed by atoms with E-state index in [2.05, 4.69) is 25.9 Å². The first-order valence-corrected chi connectivity index (χ1v) is 10.5. The van der Waals surface area contributed by atoms with Gasteiger partial charge in [-0.1, -0.05) is 12.1 Å². The third-order valence-electron chi connectivity index (χ3n) is 6.47. The Morgan fingerprint density at radius 2 is 2.07 bits per heavy atom. The maximum atomic E-state index is 14.2. The van der Waals surface area contributed by atoms with Crippen LogP contribution in [0.2, 0.25) is 0 Å². The van der Waals surface area contributed by atoms with E-state index in [4.69, 9.17) is 4.74 Å². The van der Waals surface area contributed by atoms with E-state index >= 15 is 0 Å². The minimum Gasteiger partial charge on any atom is -0.477 e. The van der Waals surface area contributed by atoms with Crippen LogP contribution < -0.4 is 4.74 Å². The molecule has 0 N–H and O–H groups in total. The van der Waals surface area contributed by atoms with Crippen LogP contribution in [0.1, 0.15) is 37.3 Å². The van der Waals surface area contributed by atoms with Crippen LogP contribution >= 0.6 is 15.9 Å². The minimum absolute atomic E-state index is 0.00133. The number of amides is 1. The molecule has 152 valence electrons. The predicted octanol–water partition coefficient (Wildman–Crippen LogP) is 4.24. The van der Waals surface area contributed by atoms with E-state index in [-0.39, 0.29) is 30.1 Å². The minimum atomic E-state index is -1.08. The molecule has 2 atom stereocenters. The summed E-state index contributed by atoms with van der Waals surface area (Å²) in [5.74, 6) is 0.136. The van der Waals surface area contributed by atoms with Gasteiger partial charge in [0.25, 0.3) is 0 Å². The summed E-state index contributed by atoms with van der Waals surface area (Å²) < 4.78 is 34.3. The van der Waals surface area contributed by atoms with Gasteiger partial charge in [0.2, 0.25) is 11.8 Å². The van der Waals surface area contributed by atoms with E-state index in [9.17, 15) is 13.6 Å². The van der Waals surface area contributed by atoms with Gasteiger partial charge in [-0.25, -0.2) is 18.7 Å². The number of benzene rings is 1. The Kier molecular flexibility index (Phi) is 4.38. The van der Waals surface area contributed by atoms with Gasteiger partial charge in [0.05, 0.1) is 24.6 Å². The molecule has 0 spiro atoms. The van der Waals surface area contributed by atoms with Gasteiger partial charge < -0.3 is 9.64 Å². The first kappa shape index (κ1) is 18.9. The Bertz CT molecular complexity index is 953. The third kappa shape index (κ3) is 3.21. The quantitative estimate of drug-likeness (QED) is 0.622. The van der Waals surface area contributed by atoms with Crippen LogP contribution in [0.5, 0.6) is 5.88 Å². The zero-order chi connectivity index (χ0) is 20.2. The Hall–Kier alpha value is -2.09. The van der Waals surface area contributed by atoms with Crippen molar-refractivity contribution in [1.29, 1.82) is 0 Å². The summed E-state index contributed by atoms with van der Waals surface area (Å²) >= 11 is 3.29. The fourth-order valence-electron chi connectivity index (χ4n) is 5.35. The number of alkyl halides is 1. The number of hydrogen-bond acceptors (Lipinski definition) is 4. The lowest BCUT2D eigenvalue weighted by Crippen LogP contribution is -2.69. The predicted molar refractivity (Wildman–Crippen MR) is 104 cm³/mol. The number of halogens is 3. The summed E-state index contributed by atoms with van der Waals surface area (Å²) in [6, 6.07) is 7.45. The molecule has 1 aliphatic heterocycles. The normalized spacial score (nSPS) is 32.4. The summed E-state index contributed by atoms with van der Waals surface area (Å²) in [6.45, 7) is 0.588. The highest BCUT2D eigenvalue weighted by Gasteiger charge is 2.72. The van der Waals surface area contributed by atoms with Crippen molar-refractivity contribution in [2.24, 2.45) is 10.8 Å². The van der Waals surface area contributed by atoms with Crippen molar-refractivity contribution >= 4 is 21.8 Å². The summed E-state index contributed by atoms with van der Waals surface area (Å²) in [5.41, 5.74) is 0.249. The Morgan fingerprint density at radius 1 is 1.28 bits per heavy atom. The second-order valence-electron chi connectivity index (χ2n) is 8.64. The van der Waals surface area contributed by atoms with Gasteiger partial charge in [-0.05, 0) is 52.9 Å². The van der Waals surface area contributed by atoms with E-state index in [1.54, 1.807) is 23.1 Å². The van der Waals surface area contributed by atoms with Crippen LogP contribution in [-0.2, 0) is 4.79 Å². The van der Waals surface area contributed by atoms with Crippen molar-refractivity contribution in [2.45, 2.75) is 37.9 Å². The number of rotatable bonds is 5. The van der Waals surface area contributed by atoms with E-state index in [1.807, 2.05) is 0 Å². The standard InChI is InChI=1S/C21H20BrF2N3O2/c22-17-6-18(26-12-25-17)29-11-20-8-21(9-20,10-20)19(28)27-7-15(24)5-16(27)13-2-1-3-14(23)4-13/h1-4,6,12,15-16H,5,7-11H2. The molecule has 1 amide bonds. The molecule has 3 saturated carbocycles. The van der Waals surface area contributed by atoms with Crippen LogP contribution in [-0.4, -0.2) is 40.1 Å². The van der Waals surface area contributed by atoms with Crippen molar-refractivity contribution in [3.8, 4) is 5.88 Å². The number of carbonyl (C=O) groups is 1. The largest absolute Gasteiger partial charge is 0.477 e. The van der Waals surface area contributed by atoms with Gasteiger partial charge >= 0.3 is 0 Å². The molecule has 2 heterocycles. The van der Waals surface area contributed by atoms with E-state index in [1.165, 1.54) is 18.5 Å². The van der Waals surface area contributed by atoms with E-state index in [0.717, 1.165) is 19.3 Å². The van der Waals surface area contributed by atoms with Gasteiger partial charge in [0, 0.05) is 17.9 Å². The first-order valence-electron chi connectivity index (χ1n) is 9.69. The van der Waals surface area contributed by atoms with Crippen LogP contribution in [0.15, 0.2) is 41.3 Å². The summed E-state index contributed by atoms with van der Waals surface area (Å²) in [7, 11) is 0. The van der Waals surface area contributed by atoms with E-state index in [0.29, 0.717) is 22.7 Å². The maximum absolute atomic E-state index is 14.2. The van der Waals surface area contributed by atoms with Gasteiger partial charge in [-0.3, -0.25) is 4.79 Å². The lowest BCUT2D eigenvalue weighted by atomic mass is 9.35. The molecular weight excluding hydrogens is 444 g/mol.